The molecule has 0 aromatic heterocycles. The molecule has 0 bridgehead atoms. The first kappa shape index (κ1) is 23.2. The van der Waals surface area contributed by atoms with Crippen LogP contribution in [0.1, 0.15) is 59.8 Å². The molecule has 0 saturated carbocycles. The van der Waals surface area contributed by atoms with Gasteiger partial charge in [0.2, 0.25) is 0 Å². The van der Waals surface area contributed by atoms with Crippen molar-refractivity contribution < 1.29 is 37.0 Å². The monoisotopic (exact) mass is 369 g/mol. The summed E-state index contributed by atoms with van der Waals surface area (Å²) in [5.41, 5.74) is 0. The summed E-state index contributed by atoms with van der Waals surface area (Å²) in [5.74, 6) is -4.29. The third-order valence-corrected chi connectivity index (χ3v) is 3.26. The van der Waals surface area contributed by atoms with Crippen LogP contribution in [-0.2, 0) is 23.9 Å². The molecule has 9 heteroatoms. The van der Waals surface area contributed by atoms with Gasteiger partial charge in [0.15, 0.2) is 0 Å². The lowest BCUT2D eigenvalue weighted by atomic mass is 10.2. The van der Waals surface area contributed by atoms with Crippen LogP contribution in [0.15, 0.2) is 0 Å². The fourth-order valence-corrected chi connectivity index (χ4v) is 2.08. The molecule has 0 aliphatic heterocycles. The number of esters is 2. The summed E-state index contributed by atoms with van der Waals surface area (Å²) < 4.78 is 47.3. The summed E-state index contributed by atoms with van der Waals surface area (Å²) in [6.07, 6.45) is -4.36. The van der Waals surface area contributed by atoms with E-state index in [2.05, 4.69) is 0 Å². The van der Waals surface area contributed by atoms with Gasteiger partial charge in [0.05, 0.1) is 18.6 Å². The molecule has 0 rings (SSSR count). The number of nitrogens with one attached hydrogen (secondary N) is 1. The van der Waals surface area contributed by atoms with Crippen LogP contribution in [0.25, 0.3) is 0 Å². The Morgan fingerprint density at radius 2 is 1.44 bits per heavy atom. The predicted octanol–water partition coefficient (Wildman–Crippen LogP) is 2.89. The number of rotatable bonds is 10. The Labute approximate surface area is 145 Å². The first-order valence-corrected chi connectivity index (χ1v) is 8.28. The number of hydrogen-bond acceptors (Lipinski definition) is 5. The van der Waals surface area contributed by atoms with E-state index >= 15 is 0 Å². The van der Waals surface area contributed by atoms with E-state index in [4.69, 9.17) is 9.47 Å². The fraction of sp³-hybridized carbons (Fsp3) is 0.812. The zero-order valence-corrected chi connectivity index (χ0v) is 14.9. The van der Waals surface area contributed by atoms with Crippen LogP contribution in [0.3, 0.4) is 0 Å². The Kier molecular flexibility index (Phi) is 10.2. The molecule has 0 radical (unpaired) electrons. The zero-order chi connectivity index (χ0) is 19.6. The summed E-state index contributed by atoms with van der Waals surface area (Å²) in [7, 11) is 0. The molecule has 0 saturated heterocycles. The van der Waals surface area contributed by atoms with Gasteiger partial charge in [-0.3, -0.25) is 9.59 Å². The van der Waals surface area contributed by atoms with Crippen LogP contribution < -0.4 is 5.32 Å². The SMILES string of the molecule is CCCC(C)OC(=O)CC(NC(=O)C(F)(F)F)C(=O)OC(C)CCC. The maximum atomic E-state index is 12.4. The highest BCUT2D eigenvalue weighted by molar-refractivity contribution is 5.90. The average molecular weight is 369 g/mol. The highest BCUT2D eigenvalue weighted by Gasteiger charge is 2.42. The largest absolute Gasteiger partial charge is 0.471 e. The topological polar surface area (TPSA) is 81.7 Å². The molecule has 0 aliphatic carbocycles. The average Bonchev–Trinajstić information content (AvgIpc) is 2.45. The van der Waals surface area contributed by atoms with Crippen molar-refractivity contribution in [3.63, 3.8) is 0 Å². The van der Waals surface area contributed by atoms with Crippen molar-refractivity contribution in [2.45, 2.75) is 84.2 Å². The van der Waals surface area contributed by atoms with Crippen molar-refractivity contribution >= 4 is 17.8 Å². The Bertz CT molecular complexity index is 454. The lowest BCUT2D eigenvalue weighted by Crippen LogP contribution is -2.49. The van der Waals surface area contributed by atoms with Crippen molar-refractivity contribution in [1.29, 1.82) is 0 Å². The number of amides is 1. The second-order valence-electron chi connectivity index (χ2n) is 5.85. The Hall–Kier alpha value is -1.80. The highest BCUT2D eigenvalue weighted by Crippen LogP contribution is 2.16. The number of ether oxygens (including phenoxy) is 2. The number of hydrogen-bond donors (Lipinski definition) is 1. The van der Waals surface area contributed by atoms with Crippen LogP contribution in [0.5, 0.6) is 0 Å². The number of halogens is 3. The van der Waals surface area contributed by atoms with Gasteiger partial charge in [-0.15, -0.1) is 0 Å². The number of alkyl halides is 3. The van der Waals surface area contributed by atoms with E-state index in [9.17, 15) is 27.6 Å². The van der Waals surface area contributed by atoms with Gasteiger partial charge in [-0.25, -0.2) is 4.79 Å². The molecular weight excluding hydrogens is 343 g/mol. The maximum Gasteiger partial charge on any atom is 0.471 e. The van der Waals surface area contributed by atoms with Crippen molar-refractivity contribution in [3.05, 3.63) is 0 Å². The summed E-state index contributed by atoms with van der Waals surface area (Å²) in [5, 5.41) is 1.50. The summed E-state index contributed by atoms with van der Waals surface area (Å²) in [6, 6.07) is -1.75. The molecule has 0 spiro atoms. The van der Waals surface area contributed by atoms with Gasteiger partial charge in [0, 0.05) is 0 Å². The molecule has 1 amide bonds. The molecule has 146 valence electrons. The van der Waals surface area contributed by atoms with Crippen LogP contribution in [0, 0.1) is 0 Å². The third-order valence-electron chi connectivity index (χ3n) is 3.26. The van der Waals surface area contributed by atoms with Crippen LogP contribution in [0.2, 0.25) is 0 Å². The molecular formula is C16H26F3NO5. The van der Waals surface area contributed by atoms with Crippen molar-refractivity contribution in [1.82, 2.24) is 5.32 Å². The minimum absolute atomic E-state index is 0.438. The quantitative estimate of drug-likeness (QED) is 0.599. The molecule has 1 N–H and O–H groups in total. The molecule has 3 unspecified atom stereocenters. The Morgan fingerprint density at radius 1 is 0.960 bits per heavy atom. The van der Waals surface area contributed by atoms with E-state index in [0.717, 1.165) is 6.42 Å². The molecule has 0 aliphatic rings. The molecule has 3 atom stereocenters. The molecule has 25 heavy (non-hydrogen) atoms. The fourth-order valence-electron chi connectivity index (χ4n) is 2.08. The molecule has 0 aromatic carbocycles. The summed E-state index contributed by atoms with van der Waals surface area (Å²) in [6.45, 7) is 6.93. The van der Waals surface area contributed by atoms with Crippen LogP contribution in [0.4, 0.5) is 13.2 Å². The zero-order valence-electron chi connectivity index (χ0n) is 14.9. The lowest BCUT2D eigenvalue weighted by Gasteiger charge is -2.21. The van der Waals surface area contributed by atoms with Gasteiger partial charge < -0.3 is 14.8 Å². The van der Waals surface area contributed by atoms with Gasteiger partial charge in [-0.2, -0.15) is 13.2 Å². The van der Waals surface area contributed by atoms with Crippen molar-refractivity contribution in [2.75, 3.05) is 0 Å². The Balaban J connectivity index is 4.97. The van der Waals surface area contributed by atoms with E-state index in [1.54, 1.807) is 13.8 Å². The lowest BCUT2D eigenvalue weighted by molar-refractivity contribution is -0.177. The van der Waals surface area contributed by atoms with Gasteiger partial charge >= 0.3 is 24.0 Å². The number of carbonyl (C=O) groups is 3. The third kappa shape index (κ3) is 9.93. The highest BCUT2D eigenvalue weighted by atomic mass is 19.4. The summed E-state index contributed by atoms with van der Waals surface area (Å²) in [4.78, 5) is 35.0. The Morgan fingerprint density at radius 3 is 1.88 bits per heavy atom. The van der Waals surface area contributed by atoms with Gasteiger partial charge in [-0.05, 0) is 26.7 Å². The molecule has 0 fully saturated rings. The van der Waals surface area contributed by atoms with E-state index in [0.29, 0.717) is 19.3 Å². The predicted molar refractivity (Wildman–Crippen MR) is 83.5 cm³/mol. The van der Waals surface area contributed by atoms with E-state index < -0.39 is 48.7 Å². The van der Waals surface area contributed by atoms with E-state index in [1.165, 1.54) is 5.32 Å². The standard InChI is InChI=1S/C16H26F3NO5/c1-5-7-10(3)24-13(21)9-12(20-15(23)16(17,18)19)14(22)25-11(4)8-6-2/h10-12H,5-9H2,1-4H3,(H,20,23). The van der Waals surface area contributed by atoms with Gasteiger partial charge in [-0.1, -0.05) is 26.7 Å². The molecule has 6 nitrogen and oxygen atoms in total. The number of carbonyl (C=O) groups excluding carboxylic acids is 3. The van der Waals surface area contributed by atoms with Gasteiger partial charge in [0.1, 0.15) is 6.04 Å². The minimum atomic E-state index is -5.17. The summed E-state index contributed by atoms with van der Waals surface area (Å²) >= 11 is 0. The van der Waals surface area contributed by atoms with Gasteiger partial charge in [0.25, 0.3) is 0 Å². The molecule has 0 aromatic rings. The first-order chi connectivity index (χ1) is 11.5. The van der Waals surface area contributed by atoms with E-state index in [1.807, 2.05) is 13.8 Å². The van der Waals surface area contributed by atoms with Crippen LogP contribution in [-0.4, -0.2) is 42.3 Å². The van der Waals surface area contributed by atoms with Crippen molar-refractivity contribution in [2.24, 2.45) is 0 Å². The smallest absolute Gasteiger partial charge is 0.463 e. The first-order valence-electron chi connectivity index (χ1n) is 8.28. The van der Waals surface area contributed by atoms with Crippen molar-refractivity contribution in [3.8, 4) is 0 Å². The molecule has 0 heterocycles. The second-order valence-corrected chi connectivity index (χ2v) is 5.85. The van der Waals surface area contributed by atoms with Crippen LogP contribution >= 0.6 is 0 Å². The second kappa shape index (κ2) is 10.9. The minimum Gasteiger partial charge on any atom is -0.463 e. The normalized spacial score (nSPS) is 15.0. The maximum absolute atomic E-state index is 12.4. The van der Waals surface area contributed by atoms with E-state index in [-0.39, 0.29) is 0 Å².